The average molecular weight is 406 g/mol. The molecule has 158 valence electrons. The quantitative estimate of drug-likeness (QED) is 0.728. The second kappa shape index (κ2) is 8.71. The van der Waals surface area contributed by atoms with E-state index in [0.29, 0.717) is 6.04 Å². The van der Waals surface area contributed by atoms with Gasteiger partial charge in [-0.15, -0.1) is 0 Å². The van der Waals surface area contributed by atoms with Gasteiger partial charge in [0.05, 0.1) is 6.10 Å². The second-order valence-electron chi connectivity index (χ2n) is 9.05. The summed E-state index contributed by atoms with van der Waals surface area (Å²) in [6.45, 7) is 0. The van der Waals surface area contributed by atoms with Crippen molar-refractivity contribution in [2.45, 2.75) is 76.0 Å². The Morgan fingerprint density at radius 1 is 0.933 bits per heavy atom. The van der Waals surface area contributed by atoms with Crippen molar-refractivity contribution >= 4 is 5.91 Å². The minimum atomic E-state index is 0.135. The van der Waals surface area contributed by atoms with Crippen LogP contribution < -0.4 is 14.8 Å². The summed E-state index contributed by atoms with van der Waals surface area (Å²) in [6.07, 6.45) is 9.73. The third kappa shape index (κ3) is 4.33. The number of nitrogens with one attached hydrogen (secondary N) is 1. The van der Waals surface area contributed by atoms with E-state index in [4.69, 9.17) is 9.47 Å². The molecule has 1 atom stereocenters. The van der Waals surface area contributed by atoms with E-state index in [2.05, 4.69) is 41.7 Å². The smallest absolute Gasteiger partial charge is 0.223 e. The first-order valence-corrected chi connectivity index (χ1v) is 11.6. The van der Waals surface area contributed by atoms with E-state index in [1.165, 1.54) is 17.5 Å². The van der Waals surface area contributed by atoms with E-state index in [1.54, 1.807) is 0 Å². The van der Waals surface area contributed by atoms with Gasteiger partial charge in [-0.2, -0.15) is 0 Å². The molecule has 0 bridgehead atoms. The highest BCUT2D eigenvalue weighted by molar-refractivity contribution is 5.79. The minimum absolute atomic E-state index is 0.135. The Balaban J connectivity index is 1.13. The molecule has 0 aromatic heterocycles. The van der Waals surface area contributed by atoms with Gasteiger partial charge >= 0.3 is 0 Å². The number of carbonyl (C=O) groups is 1. The topological polar surface area (TPSA) is 47.6 Å². The summed E-state index contributed by atoms with van der Waals surface area (Å²) >= 11 is 0. The molecule has 5 rings (SSSR count). The normalized spacial score (nSPS) is 26.1. The third-order valence-electron chi connectivity index (χ3n) is 6.95. The lowest BCUT2D eigenvalue weighted by molar-refractivity contribution is -0.128. The van der Waals surface area contributed by atoms with Crippen molar-refractivity contribution in [2.24, 2.45) is 5.92 Å². The molecule has 2 aromatic rings. The molecule has 1 amide bonds. The van der Waals surface area contributed by atoms with Crippen molar-refractivity contribution in [1.29, 1.82) is 0 Å². The number of ether oxygens (including phenoxy) is 2. The van der Waals surface area contributed by atoms with Crippen molar-refractivity contribution in [2.75, 3.05) is 0 Å². The molecule has 1 aliphatic heterocycles. The highest BCUT2D eigenvalue weighted by Gasteiger charge is 2.29. The zero-order valence-electron chi connectivity index (χ0n) is 17.5. The Hall–Kier alpha value is -2.49. The summed E-state index contributed by atoms with van der Waals surface area (Å²) in [7, 11) is 0. The van der Waals surface area contributed by atoms with Crippen LogP contribution in [0.15, 0.2) is 48.5 Å². The van der Waals surface area contributed by atoms with Crippen molar-refractivity contribution in [3.05, 3.63) is 59.7 Å². The average Bonchev–Trinajstić information content (AvgIpc) is 2.74. The lowest BCUT2D eigenvalue weighted by Crippen LogP contribution is -2.43. The molecular formula is C26H31NO3. The SMILES string of the molecule is O=C(N[C@H]1CC[C@H](Oc2ccc3c(c2)CCC(c2ccccc2)O3)CC1)C1CCC1. The zero-order valence-corrected chi connectivity index (χ0v) is 17.5. The van der Waals surface area contributed by atoms with Gasteiger partial charge in [-0.1, -0.05) is 36.8 Å². The van der Waals surface area contributed by atoms with E-state index >= 15 is 0 Å². The van der Waals surface area contributed by atoms with Gasteiger partial charge in [-0.3, -0.25) is 4.79 Å². The number of carbonyl (C=O) groups excluding carboxylic acids is 1. The van der Waals surface area contributed by atoms with Crippen LogP contribution in [0.3, 0.4) is 0 Å². The van der Waals surface area contributed by atoms with Crippen LogP contribution in [0.1, 0.15) is 68.6 Å². The molecule has 0 spiro atoms. The molecule has 1 N–H and O–H groups in total. The third-order valence-corrected chi connectivity index (χ3v) is 6.95. The Morgan fingerprint density at radius 3 is 2.47 bits per heavy atom. The first-order chi connectivity index (χ1) is 14.7. The Bertz CT molecular complexity index is 869. The monoisotopic (exact) mass is 405 g/mol. The first-order valence-electron chi connectivity index (χ1n) is 11.6. The number of hydrogen-bond acceptors (Lipinski definition) is 3. The Morgan fingerprint density at radius 2 is 1.73 bits per heavy atom. The summed E-state index contributed by atoms with van der Waals surface area (Å²) in [5.41, 5.74) is 2.48. The van der Waals surface area contributed by atoms with Crippen LogP contribution in [0.5, 0.6) is 11.5 Å². The number of fused-ring (bicyclic) bond motifs is 1. The van der Waals surface area contributed by atoms with Gasteiger partial charge in [-0.25, -0.2) is 0 Å². The highest BCUT2D eigenvalue weighted by Crippen LogP contribution is 2.37. The Labute approximate surface area is 179 Å². The number of aryl methyl sites for hydroxylation is 1. The molecular weight excluding hydrogens is 374 g/mol. The van der Waals surface area contributed by atoms with Gasteiger partial charge in [0.1, 0.15) is 17.6 Å². The summed E-state index contributed by atoms with van der Waals surface area (Å²) < 4.78 is 12.5. The van der Waals surface area contributed by atoms with Crippen LogP contribution in [0.25, 0.3) is 0 Å². The predicted octanol–water partition coefficient (Wildman–Crippen LogP) is 5.36. The first kappa shape index (κ1) is 19.5. The number of rotatable bonds is 5. The largest absolute Gasteiger partial charge is 0.490 e. The molecule has 2 aromatic carbocycles. The molecule has 2 aliphatic carbocycles. The van der Waals surface area contributed by atoms with Crippen LogP contribution in [-0.4, -0.2) is 18.1 Å². The molecule has 4 heteroatoms. The van der Waals surface area contributed by atoms with Crippen LogP contribution in [0.4, 0.5) is 0 Å². The van der Waals surface area contributed by atoms with Gasteiger partial charge in [0.25, 0.3) is 0 Å². The highest BCUT2D eigenvalue weighted by atomic mass is 16.5. The molecule has 2 saturated carbocycles. The molecule has 3 aliphatic rings. The minimum Gasteiger partial charge on any atom is -0.490 e. The number of benzene rings is 2. The fourth-order valence-electron chi connectivity index (χ4n) is 4.85. The van der Waals surface area contributed by atoms with E-state index in [-0.39, 0.29) is 24.0 Å². The van der Waals surface area contributed by atoms with Gasteiger partial charge < -0.3 is 14.8 Å². The second-order valence-corrected chi connectivity index (χ2v) is 9.05. The molecule has 0 saturated heterocycles. The molecule has 1 unspecified atom stereocenters. The molecule has 30 heavy (non-hydrogen) atoms. The van der Waals surface area contributed by atoms with Gasteiger partial charge in [0, 0.05) is 12.0 Å². The number of hydrogen-bond donors (Lipinski definition) is 1. The number of amides is 1. The molecule has 4 nitrogen and oxygen atoms in total. The van der Waals surface area contributed by atoms with Crippen LogP contribution in [-0.2, 0) is 11.2 Å². The van der Waals surface area contributed by atoms with Crippen molar-refractivity contribution in [3.63, 3.8) is 0 Å². The maximum Gasteiger partial charge on any atom is 0.223 e. The van der Waals surface area contributed by atoms with Gasteiger partial charge in [-0.05, 0) is 80.7 Å². The lowest BCUT2D eigenvalue weighted by atomic mass is 9.84. The fourth-order valence-corrected chi connectivity index (χ4v) is 4.85. The van der Waals surface area contributed by atoms with E-state index in [0.717, 1.165) is 62.9 Å². The lowest BCUT2D eigenvalue weighted by Gasteiger charge is -2.32. The van der Waals surface area contributed by atoms with Crippen molar-refractivity contribution < 1.29 is 14.3 Å². The van der Waals surface area contributed by atoms with Crippen LogP contribution in [0.2, 0.25) is 0 Å². The summed E-state index contributed by atoms with van der Waals surface area (Å²) in [6, 6.07) is 17.0. The maximum atomic E-state index is 12.2. The zero-order chi connectivity index (χ0) is 20.3. The van der Waals surface area contributed by atoms with Crippen molar-refractivity contribution in [3.8, 4) is 11.5 Å². The van der Waals surface area contributed by atoms with E-state index in [9.17, 15) is 4.79 Å². The van der Waals surface area contributed by atoms with Gasteiger partial charge in [0.2, 0.25) is 5.91 Å². The standard InChI is InChI=1S/C26H31NO3/c28-26(19-7-4-8-19)27-21-10-12-22(13-11-21)29-23-14-16-25-20(17-23)9-15-24(30-25)18-5-2-1-3-6-18/h1-3,5-6,14,16-17,19,21-22,24H,4,7-13,15H2,(H,27,28)/t21-,22-,24?. The van der Waals surface area contributed by atoms with Gasteiger partial charge in [0.15, 0.2) is 0 Å². The summed E-state index contributed by atoms with van der Waals surface area (Å²) in [5.74, 6) is 2.47. The summed E-state index contributed by atoms with van der Waals surface area (Å²) in [5, 5.41) is 3.25. The molecule has 2 fully saturated rings. The Kier molecular flexibility index (Phi) is 5.65. The fraction of sp³-hybridized carbons (Fsp3) is 0.500. The predicted molar refractivity (Wildman–Crippen MR) is 117 cm³/mol. The van der Waals surface area contributed by atoms with E-state index in [1.807, 2.05) is 12.1 Å². The molecule has 1 heterocycles. The summed E-state index contributed by atoms with van der Waals surface area (Å²) in [4.78, 5) is 12.2. The van der Waals surface area contributed by atoms with Crippen molar-refractivity contribution in [1.82, 2.24) is 5.32 Å². The van der Waals surface area contributed by atoms with Crippen LogP contribution in [0, 0.1) is 5.92 Å². The molecule has 0 radical (unpaired) electrons. The van der Waals surface area contributed by atoms with E-state index < -0.39 is 0 Å². The maximum absolute atomic E-state index is 12.2. The van der Waals surface area contributed by atoms with Crippen LogP contribution >= 0.6 is 0 Å².